The molecule has 2 aliphatic heterocycles. The number of hydrogen-bond donors (Lipinski definition) is 1. The first-order chi connectivity index (χ1) is 8.77. The number of carboxylic acid groups (broad SMARTS) is 1. The van der Waals surface area contributed by atoms with Gasteiger partial charge in [0.25, 0.3) is 0 Å². The highest BCUT2D eigenvalue weighted by atomic mass is 16.4. The van der Waals surface area contributed by atoms with E-state index in [1.54, 1.807) is 12.1 Å². The number of rotatable bonds is 2. The highest BCUT2D eigenvalue weighted by molar-refractivity contribution is 5.94. The summed E-state index contributed by atoms with van der Waals surface area (Å²) in [6, 6.07) is 7.26. The second-order valence-electron chi connectivity index (χ2n) is 4.72. The summed E-state index contributed by atoms with van der Waals surface area (Å²) in [6.45, 7) is 1.85. The zero-order valence-corrected chi connectivity index (χ0v) is 10.1. The Morgan fingerprint density at radius 2 is 2.17 bits per heavy atom. The third kappa shape index (κ3) is 1.74. The Morgan fingerprint density at radius 3 is 3.00 bits per heavy atom. The number of anilines is 1. The first kappa shape index (κ1) is 11.1. The molecule has 0 radical (unpaired) electrons. The quantitative estimate of drug-likeness (QED) is 0.865. The van der Waals surface area contributed by atoms with Crippen LogP contribution in [0.3, 0.4) is 0 Å². The van der Waals surface area contributed by atoms with Gasteiger partial charge < -0.3 is 14.9 Å². The van der Waals surface area contributed by atoms with Crippen LogP contribution in [0.5, 0.6) is 0 Å². The molecule has 0 aliphatic carbocycles. The van der Waals surface area contributed by atoms with E-state index in [1.165, 1.54) is 6.42 Å². The molecule has 3 rings (SSSR count). The Bertz CT molecular complexity index is 498. The number of para-hydroxylation sites is 1. The van der Waals surface area contributed by atoms with Gasteiger partial charge in [0.05, 0.1) is 11.3 Å². The van der Waals surface area contributed by atoms with E-state index < -0.39 is 5.97 Å². The number of hydrogen-bond acceptors (Lipinski definition) is 3. The van der Waals surface area contributed by atoms with E-state index in [9.17, 15) is 9.90 Å². The first-order valence-corrected chi connectivity index (χ1v) is 6.29. The summed E-state index contributed by atoms with van der Waals surface area (Å²) in [4.78, 5) is 15.8. The number of carboxylic acids is 1. The van der Waals surface area contributed by atoms with Crippen molar-refractivity contribution in [3.63, 3.8) is 0 Å². The lowest BCUT2D eigenvalue weighted by Gasteiger charge is -2.39. The molecular weight excluding hydrogens is 228 g/mol. The van der Waals surface area contributed by atoms with E-state index in [2.05, 4.69) is 22.1 Å². The Hall–Kier alpha value is -1.97. The molecule has 4 nitrogen and oxygen atoms in total. The van der Waals surface area contributed by atoms with Crippen molar-refractivity contribution in [2.24, 2.45) is 0 Å². The van der Waals surface area contributed by atoms with Gasteiger partial charge in [-0.25, -0.2) is 4.79 Å². The molecule has 1 aromatic carbocycles. The third-order valence-electron chi connectivity index (χ3n) is 3.66. The van der Waals surface area contributed by atoms with Crippen molar-refractivity contribution < 1.29 is 9.90 Å². The van der Waals surface area contributed by atoms with Crippen molar-refractivity contribution in [2.45, 2.75) is 19.0 Å². The largest absolute Gasteiger partial charge is 0.478 e. The van der Waals surface area contributed by atoms with Gasteiger partial charge in [-0.05, 0) is 37.3 Å². The molecule has 18 heavy (non-hydrogen) atoms. The molecule has 1 aromatic rings. The molecule has 1 saturated heterocycles. The maximum Gasteiger partial charge on any atom is 0.337 e. The molecule has 0 bridgehead atoms. The SMILES string of the molecule is O=C(O)c1ccccc1N1CC=CN2CCCC21. The third-order valence-corrected chi connectivity index (χ3v) is 3.66. The lowest BCUT2D eigenvalue weighted by molar-refractivity contribution is 0.0697. The Morgan fingerprint density at radius 1 is 1.33 bits per heavy atom. The molecular formula is C14H16N2O2. The van der Waals surface area contributed by atoms with Gasteiger partial charge >= 0.3 is 5.97 Å². The van der Waals surface area contributed by atoms with E-state index in [0.29, 0.717) is 11.7 Å². The molecule has 0 aromatic heterocycles. The molecule has 0 amide bonds. The van der Waals surface area contributed by atoms with Crippen molar-refractivity contribution in [3.05, 3.63) is 42.1 Å². The molecule has 1 N–H and O–H groups in total. The molecule has 1 unspecified atom stereocenters. The number of carbonyl (C=O) groups is 1. The average Bonchev–Trinajstić information content (AvgIpc) is 2.86. The molecule has 0 spiro atoms. The zero-order valence-electron chi connectivity index (χ0n) is 10.1. The summed E-state index contributed by atoms with van der Waals surface area (Å²) < 4.78 is 0. The van der Waals surface area contributed by atoms with Crippen LogP contribution >= 0.6 is 0 Å². The topological polar surface area (TPSA) is 43.8 Å². The Kier molecular flexibility index (Phi) is 2.70. The smallest absolute Gasteiger partial charge is 0.337 e. The second kappa shape index (κ2) is 4.37. The van der Waals surface area contributed by atoms with Crippen molar-refractivity contribution in [1.29, 1.82) is 0 Å². The van der Waals surface area contributed by atoms with E-state index in [4.69, 9.17) is 0 Å². The van der Waals surface area contributed by atoms with E-state index in [1.807, 2.05) is 12.1 Å². The van der Waals surface area contributed by atoms with Gasteiger partial charge in [0.1, 0.15) is 6.17 Å². The van der Waals surface area contributed by atoms with Crippen LogP contribution in [0.2, 0.25) is 0 Å². The van der Waals surface area contributed by atoms with Gasteiger partial charge in [0.15, 0.2) is 0 Å². The van der Waals surface area contributed by atoms with Crippen LogP contribution in [-0.2, 0) is 0 Å². The molecule has 0 saturated carbocycles. The van der Waals surface area contributed by atoms with Crippen molar-refractivity contribution in [3.8, 4) is 0 Å². The van der Waals surface area contributed by atoms with Crippen LogP contribution < -0.4 is 4.90 Å². The second-order valence-corrected chi connectivity index (χ2v) is 4.72. The monoisotopic (exact) mass is 244 g/mol. The minimum atomic E-state index is -0.857. The van der Waals surface area contributed by atoms with Crippen LogP contribution in [0, 0.1) is 0 Å². The van der Waals surface area contributed by atoms with Gasteiger partial charge in [0, 0.05) is 13.1 Å². The summed E-state index contributed by atoms with van der Waals surface area (Å²) in [6.07, 6.45) is 6.81. The molecule has 2 aliphatic rings. The number of fused-ring (bicyclic) bond motifs is 1. The normalized spacial score (nSPS) is 22.1. The number of aromatic carboxylic acids is 1. The summed E-state index contributed by atoms with van der Waals surface area (Å²) in [5.74, 6) is -0.857. The fourth-order valence-electron chi connectivity index (χ4n) is 2.86. The Balaban J connectivity index is 1.99. The predicted molar refractivity (Wildman–Crippen MR) is 69.6 cm³/mol. The summed E-state index contributed by atoms with van der Waals surface area (Å²) in [5, 5.41) is 9.28. The molecule has 1 fully saturated rings. The van der Waals surface area contributed by atoms with E-state index >= 15 is 0 Å². The average molecular weight is 244 g/mol. The van der Waals surface area contributed by atoms with Crippen LogP contribution in [-0.4, -0.2) is 35.2 Å². The van der Waals surface area contributed by atoms with Gasteiger partial charge in [-0.2, -0.15) is 0 Å². The highest BCUT2D eigenvalue weighted by Gasteiger charge is 2.31. The van der Waals surface area contributed by atoms with E-state index in [0.717, 1.165) is 25.2 Å². The molecule has 94 valence electrons. The zero-order chi connectivity index (χ0) is 12.5. The van der Waals surface area contributed by atoms with Gasteiger partial charge in [-0.15, -0.1) is 0 Å². The molecule has 1 atom stereocenters. The fraction of sp³-hybridized carbons (Fsp3) is 0.357. The minimum Gasteiger partial charge on any atom is -0.478 e. The van der Waals surface area contributed by atoms with Gasteiger partial charge in [0.2, 0.25) is 0 Å². The summed E-state index contributed by atoms with van der Waals surface area (Å²) >= 11 is 0. The van der Waals surface area contributed by atoms with Crippen molar-refractivity contribution in [2.75, 3.05) is 18.0 Å². The minimum absolute atomic E-state index is 0.315. The van der Waals surface area contributed by atoms with Crippen LogP contribution in [0.4, 0.5) is 5.69 Å². The lowest BCUT2D eigenvalue weighted by Crippen LogP contribution is -2.46. The molecule has 2 heterocycles. The first-order valence-electron chi connectivity index (χ1n) is 6.29. The van der Waals surface area contributed by atoms with Crippen LogP contribution in [0.25, 0.3) is 0 Å². The van der Waals surface area contributed by atoms with Crippen LogP contribution in [0.1, 0.15) is 23.2 Å². The Labute approximate surface area is 106 Å². The van der Waals surface area contributed by atoms with Gasteiger partial charge in [-0.1, -0.05) is 12.1 Å². The lowest BCUT2D eigenvalue weighted by atomic mass is 10.1. The van der Waals surface area contributed by atoms with Crippen molar-refractivity contribution >= 4 is 11.7 Å². The standard InChI is InChI=1S/C14H16N2O2/c17-14(18)11-5-1-2-6-12(11)16-10-4-9-15-8-3-7-13(15)16/h1-2,4-6,9,13H,3,7-8,10H2,(H,17,18). The number of nitrogens with zero attached hydrogens (tertiary/aromatic N) is 2. The van der Waals surface area contributed by atoms with Gasteiger partial charge in [-0.3, -0.25) is 0 Å². The van der Waals surface area contributed by atoms with Crippen molar-refractivity contribution in [1.82, 2.24) is 4.90 Å². The van der Waals surface area contributed by atoms with E-state index in [-0.39, 0.29) is 0 Å². The molecule has 4 heteroatoms. The number of benzene rings is 1. The summed E-state index contributed by atoms with van der Waals surface area (Å²) in [5.41, 5.74) is 1.21. The fourth-order valence-corrected chi connectivity index (χ4v) is 2.86. The predicted octanol–water partition coefficient (Wildman–Crippen LogP) is 2.14. The maximum absolute atomic E-state index is 11.3. The summed E-state index contributed by atoms with van der Waals surface area (Å²) in [7, 11) is 0. The highest BCUT2D eigenvalue weighted by Crippen LogP contribution is 2.31. The maximum atomic E-state index is 11.3. The van der Waals surface area contributed by atoms with Crippen LogP contribution in [0.15, 0.2) is 36.5 Å².